The highest BCUT2D eigenvalue weighted by atomic mass is 32.2. The van der Waals surface area contributed by atoms with Gasteiger partial charge in [0.25, 0.3) is 5.91 Å². The van der Waals surface area contributed by atoms with Crippen LogP contribution in [0.3, 0.4) is 0 Å². The molecule has 2 aromatic rings. The summed E-state index contributed by atoms with van der Waals surface area (Å²) in [6.07, 6.45) is 2.72. The van der Waals surface area contributed by atoms with E-state index in [1.807, 2.05) is 42.7 Å². The summed E-state index contributed by atoms with van der Waals surface area (Å²) in [5.41, 5.74) is 4.55. The van der Waals surface area contributed by atoms with Gasteiger partial charge in [0.05, 0.1) is 4.75 Å². The molecule has 3 rings (SSSR count). The number of carbonyl (C=O) groups is 2. The van der Waals surface area contributed by atoms with Crippen molar-refractivity contribution in [1.29, 1.82) is 0 Å². The monoisotopic (exact) mass is 354 g/mol. The molecular formula is C19H18N2O3S. The fourth-order valence-corrected chi connectivity index (χ4v) is 3.43. The van der Waals surface area contributed by atoms with Gasteiger partial charge in [-0.25, -0.2) is 5.48 Å². The Balaban J connectivity index is 1.77. The number of amides is 2. The van der Waals surface area contributed by atoms with Crippen molar-refractivity contribution in [3.05, 3.63) is 65.6 Å². The predicted molar refractivity (Wildman–Crippen MR) is 99.5 cm³/mol. The van der Waals surface area contributed by atoms with Crippen LogP contribution in [0.1, 0.15) is 23.7 Å². The van der Waals surface area contributed by atoms with Crippen molar-refractivity contribution < 1.29 is 14.8 Å². The highest BCUT2D eigenvalue weighted by Gasteiger charge is 2.34. The largest absolute Gasteiger partial charge is 0.325 e. The van der Waals surface area contributed by atoms with E-state index in [2.05, 4.69) is 5.32 Å². The fraction of sp³-hybridized carbons (Fsp3) is 0.158. The zero-order chi connectivity index (χ0) is 17.9. The Bertz CT molecular complexity index is 823. The molecule has 0 aromatic heterocycles. The zero-order valence-corrected chi connectivity index (χ0v) is 14.5. The molecular weight excluding hydrogens is 336 g/mol. The van der Waals surface area contributed by atoms with E-state index in [0.29, 0.717) is 5.56 Å². The van der Waals surface area contributed by atoms with Gasteiger partial charge < -0.3 is 5.32 Å². The Kier molecular flexibility index (Phi) is 4.92. The molecule has 0 spiro atoms. The molecule has 128 valence electrons. The number of carbonyl (C=O) groups excluding carboxylic acids is 2. The maximum atomic E-state index is 12.5. The molecule has 2 aromatic carbocycles. The van der Waals surface area contributed by atoms with Gasteiger partial charge in [0.2, 0.25) is 5.91 Å². The van der Waals surface area contributed by atoms with Gasteiger partial charge in [0, 0.05) is 11.3 Å². The SMILES string of the molecule is CC1(C(=O)Nc2cccc(-c3ccc(C(=O)NO)cc3)c2)CC=CS1. The number of hydroxylamine groups is 1. The van der Waals surface area contributed by atoms with E-state index in [9.17, 15) is 9.59 Å². The van der Waals surface area contributed by atoms with Crippen LogP contribution in [0.4, 0.5) is 5.69 Å². The molecule has 0 fully saturated rings. The molecule has 0 saturated carbocycles. The second-order valence-electron chi connectivity index (χ2n) is 5.98. The van der Waals surface area contributed by atoms with E-state index in [1.165, 1.54) is 11.8 Å². The molecule has 0 saturated heterocycles. The van der Waals surface area contributed by atoms with Crippen molar-refractivity contribution in [2.45, 2.75) is 18.1 Å². The fourth-order valence-electron chi connectivity index (χ4n) is 2.58. The van der Waals surface area contributed by atoms with Gasteiger partial charge in [-0.3, -0.25) is 14.8 Å². The first-order chi connectivity index (χ1) is 12.0. The van der Waals surface area contributed by atoms with Crippen LogP contribution in [0.25, 0.3) is 11.1 Å². The highest BCUT2D eigenvalue weighted by molar-refractivity contribution is 8.04. The lowest BCUT2D eigenvalue weighted by molar-refractivity contribution is -0.117. The molecule has 25 heavy (non-hydrogen) atoms. The van der Waals surface area contributed by atoms with Crippen molar-refractivity contribution in [1.82, 2.24) is 5.48 Å². The van der Waals surface area contributed by atoms with E-state index in [0.717, 1.165) is 23.2 Å². The summed E-state index contributed by atoms with van der Waals surface area (Å²) in [5.74, 6) is -0.571. The molecule has 1 unspecified atom stereocenters. The van der Waals surface area contributed by atoms with E-state index < -0.39 is 10.7 Å². The molecule has 1 aliphatic rings. The molecule has 6 heteroatoms. The number of rotatable bonds is 4. The summed E-state index contributed by atoms with van der Waals surface area (Å²) in [5, 5.41) is 13.6. The summed E-state index contributed by atoms with van der Waals surface area (Å²) in [7, 11) is 0. The summed E-state index contributed by atoms with van der Waals surface area (Å²) in [6.45, 7) is 1.93. The number of hydrogen-bond acceptors (Lipinski definition) is 4. The molecule has 5 nitrogen and oxygen atoms in total. The van der Waals surface area contributed by atoms with Gasteiger partial charge >= 0.3 is 0 Å². The zero-order valence-electron chi connectivity index (χ0n) is 13.7. The third kappa shape index (κ3) is 3.75. The first-order valence-electron chi connectivity index (χ1n) is 7.81. The Morgan fingerprint density at radius 1 is 1.12 bits per heavy atom. The first-order valence-corrected chi connectivity index (χ1v) is 8.69. The Hall–Kier alpha value is -2.57. The minimum Gasteiger partial charge on any atom is -0.325 e. The Morgan fingerprint density at radius 3 is 2.52 bits per heavy atom. The summed E-state index contributed by atoms with van der Waals surface area (Å²) >= 11 is 1.53. The highest BCUT2D eigenvalue weighted by Crippen LogP contribution is 2.37. The maximum absolute atomic E-state index is 12.5. The minimum absolute atomic E-state index is 0.0189. The Morgan fingerprint density at radius 2 is 1.88 bits per heavy atom. The van der Waals surface area contributed by atoms with Crippen molar-refractivity contribution in [2.75, 3.05) is 5.32 Å². The molecule has 0 aliphatic carbocycles. The normalized spacial score (nSPS) is 18.8. The minimum atomic E-state index is -0.552. The summed E-state index contributed by atoms with van der Waals surface area (Å²) in [6, 6.07) is 14.4. The van der Waals surface area contributed by atoms with Gasteiger partial charge in [-0.2, -0.15) is 0 Å². The van der Waals surface area contributed by atoms with Gasteiger partial charge in [-0.15, -0.1) is 11.8 Å². The van der Waals surface area contributed by atoms with Crippen LogP contribution in [0.5, 0.6) is 0 Å². The smallest absolute Gasteiger partial charge is 0.274 e. The number of nitrogens with one attached hydrogen (secondary N) is 2. The van der Waals surface area contributed by atoms with E-state index in [-0.39, 0.29) is 5.91 Å². The average molecular weight is 354 g/mol. The average Bonchev–Trinajstić information content (AvgIpc) is 3.09. The van der Waals surface area contributed by atoms with Crippen molar-refractivity contribution in [3.8, 4) is 11.1 Å². The van der Waals surface area contributed by atoms with Gasteiger partial charge in [0.15, 0.2) is 0 Å². The van der Waals surface area contributed by atoms with Crippen LogP contribution in [-0.2, 0) is 4.79 Å². The molecule has 1 heterocycles. The second kappa shape index (κ2) is 7.13. The maximum Gasteiger partial charge on any atom is 0.274 e. The van der Waals surface area contributed by atoms with Crippen molar-refractivity contribution >= 4 is 29.3 Å². The lowest BCUT2D eigenvalue weighted by Crippen LogP contribution is -2.34. The predicted octanol–water partition coefficient (Wildman–Crippen LogP) is 3.82. The van der Waals surface area contributed by atoms with Crippen molar-refractivity contribution in [3.63, 3.8) is 0 Å². The van der Waals surface area contributed by atoms with Crippen LogP contribution < -0.4 is 10.8 Å². The van der Waals surface area contributed by atoms with E-state index >= 15 is 0 Å². The van der Waals surface area contributed by atoms with Crippen LogP contribution in [0.15, 0.2) is 60.0 Å². The number of anilines is 1. The Labute approximate surface area is 150 Å². The quantitative estimate of drug-likeness (QED) is 0.576. The standard InChI is InChI=1S/C19H18N2O3S/c1-19(10-3-11-25-19)18(23)20-16-5-2-4-15(12-16)13-6-8-14(9-7-13)17(22)21-24/h2-9,11-12,24H,10H2,1H3,(H,20,23)(H,21,22). The summed E-state index contributed by atoms with van der Waals surface area (Å²) in [4.78, 5) is 23.9. The summed E-state index contributed by atoms with van der Waals surface area (Å²) < 4.78 is -0.463. The molecule has 3 N–H and O–H groups in total. The number of thioether (sulfide) groups is 1. The topological polar surface area (TPSA) is 78.4 Å². The van der Waals surface area contributed by atoms with Crippen LogP contribution in [-0.4, -0.2) is 21.8 Å². The molecule has 0 bridgehead atoms. The molecule has 2 amide bonds. The first kappa shape index (κ1) is 17.3. The number of allylic oxidation sites excluding steroid dienone is 1. The van der Waals surface area contributed by atoms with Gasteiger partial charge in [0.1, 0.15) is 0 Å². The molecule has 1 atom stereocenters. The molecule has 0 radical (unpaired) electrons. The third-order valence-corrected chi connectivity index (χ3v) is 5.32. The second-order valence-corrected chi connectivity index (χ2v) is 7.39. The van der Waals surface area contributed by atoms with Crippen LogP contribution in [0.2, 0.25) is 0 Å². The van der Waals surface area contributed by atoms with Crippen LogP contribution >= 0.6 is 11.8 Å². The van der Waals surface area contributed by atoms with Crippen LogP contribution in [0, 0.1) is 0 Å². The number of benzene rings is 2. The van der Waals surface area contributed by atoms with Gasteiger partial charge in [-0.1, -0.05) is 30.3 Å². The third-order valence-electron chi connectivity index (χ3n) is 4.11. The van der Waals surface area contributed by atoms with E-state index in [4.69, 9.17) is 5.21 Å². The van der Waals surface area contributed by atoms with Gasteiger partial charge in [-0.05, 0) is 54.1 Å². The van der Waals surface area contributed by atoms with Crippen molar-refractivity contribution in [2.24, 2.45) is 0 Å². The number of hydrogen-bond donors (Lipinski definition) is 3. The lowest BCUT2D eigenvalue weighted by atomic mass is 10.0. The lowest BCUT2D eigenvalue weighted by Gasteiger charge is -2.21. The molecule has 1 aliphatic heterocycles. The van der Waals surface area contributed by atoms with E-state index in [1.54, 1.807) is 29.7 Å².